The summed E-state index contributed by atoms with van der Waals surface area (Å²) in [5.41, 5.74) is 6.59. The minimum Gasteiger partial charge on any atom is -0.383 e. The topological polar surface area (TPSA) is 48.1 Å². The third-order valence-electron chi connectivity index (χ3n) is 1.41. The monoisotopic (exact) mass is 224 g/mol. The zero-order valence-corrected chi connectivity index (χ0v) is 8.98. The number of rotatable bonds is 3. The van der Waals surface area contributed by atoms with E-state index in [1.807, 2.05) is 18.2 Å². The maximum absolute atomic E-state index is 5.72. The predicted octanol–water partition coefficient (Wildman–Crippen LogP) is 1.57. The maximum atomic E-state index is 5.72. The van der Waals surface area contributed by atoms with Gasteiger partial charge in [-0.1, -0.05) is 6.07 Å². The van der Waals surface area contributed by atoms with E-state index in [0.717, 1.165) is 5.69 Å². The molecule has 0 aliphatic rings. The van der Waals surface area contributed by atoms with Crippen LogP contribution in [0.4, 0.5) is 0 Å². The number of pyridine rings is 1. The Labute approximate surface area is 90.5 Å². The molecule has 1 atom stereocenters. The summed E-state index contributed by atoms with van der Waals surface area (Å²) in [6.07, 6.45) is 1.73. The van der Waals surface area contributed by atoms with Gasteiger partial charge in [0.05, 0.1) is 18.3 Å². The van der Waals surface area contributed by atoms with Gasteiger partial charge in [-0.25, -0.2) is 0 Å². The first-order valence-corrected chi connectivity index (χ1v) is 3.50. The van der Waals surface area contributed by atoms with Crippen molar-refractivity contribution < 1.29 is 4.74 Å². The molecular weight excluding hydrogens is 211 g/mol. The van der Waals surface area contributed by atoms with Gasteiger partial charge in [0.25, 0.3) is 0 Å². The molecule has 0 fully saturated rings. The fourth-order valence-electron chi connectivity index (χ4n) is 0.860. The lowest BCUT2D eigenvalue weighted by atomic mass is 10.2. The van der Waals surface area contributed by atoms with Gasteiger partial charge in [-0.05, 0) is 12.1 Å². The normalized spacial score (nSPS) is 10.9. The number of hydrogen-bond acceptors (Lipinski definition) is 3. The molecule has 0 aromatic carbocycles. The molecule has 1 heterocycles. The quantitative estimate of drug-likeness (QED) is 0.849. The van der Waals surface area contributed by atoms with Crippen molar-refractivity contribution in [1.82, 2.24) is 4.98 Å². The lowest BCUT2D eigenvalue weighted by molar-refractivity contribution is 0.179. The van der Waals surface area contributed by atoms with Crippen molar-refractivity contribution in [2.75, 3.05) is 13.7 Å². The first-order valence-electron chi connectivity index (χ1n) is 3.50. The van der Waals surface area contributed by atoms with Gasteiger partial charge in [0.15, 0.2) is 0 Å². The van der Waals surface area contributed by atoms with E-state index in [2.05, 4.69) is 4.98 Å². The van der Waals surface area contributed by atoms with Crippen LogP contribution in [0.1, 0.15) is 11.7 Å². The average Bonchev–Trinajstić information content (AvgIpc) is 2.07. The molecule has 2 N–H and O–H groups in total. The van der Waals surface area contributed by atoms with Crippen LogP contribution in [0.2, 0.25) is 0 Å². The SMILES string of the molecule is COC[C@@H](N)c1ccccn1.Cl.Cl. The van der Waals surface area contributed by atoms with Crippen LogP contribution in [-0.2, 0) is 4.74 Å². The molecule has 1 aromatic heterocycles. The Bertz CT molecular complexity index is 209. The minimum atomic E-state index is -0.110. The second-order valence-electron chi connectivity index (χ2n) is 2.32. The highest BCUT2D eigenvalue weighted by Gasteiger charge is 2.04. The van der Waals surface area contributed by atoms with Crippen LogP contribution in [0.5, 0.6) is 0 Å². The van der Waals surface area contributed by atoms with Crippen molar-refractivity contribution in [2.45, 2.75) is 6.04 Å². The van der Waals surface area contributed by atoms with E-state index in [-0.39, 0.29) is 30.9 Å². The Morgan fingerprint density at radius 3 is 2.62 bits per heavy atom. The Kier molecular flexibility index (Phi) is 9.61. The Morgan fingerprint density at radius 1 is 1.46 bits per heavy atom. The van der Waals surface area contributed by atoms with Crippen molar-refractivity contribution in [3.8, 4) is 0 Å². The van der Waals surface area contributed by atoms with E-state index in [4.69, 9.17) is 10.5 Å². The Balaban J connectivity index is 0. The smallest absolute Gasteiger partial charge is 0.0707 e. The molecule has 0 saturated carbocycles. The van der Waals surface area contributed by atoms with Gasteiger partial charge in [0.2, 0.25) is 0 Å². The molecule has 0 unspecified atom stereocenters. The summed E-state index contributed by atoms with van der Waals surface area (Å²) in [7, 11) is 1.63. The highest BCUT2D eigenvalue weighted by molar-refractivity contribution is 5.85. The Hall–Kier alpha value is -0.350. The highest BCUT2D eigenvalue weighted by Crippen LogP contribution is 2.04. The van der Waals surface area contributed by atoms with Crippen LogP contribution in [0.3, 0.4) is 0 Å². The molecule has 13 heavy (non-hydrogen) atoms. The van der Waals surface area contributed by atoms with Crippen LogP contribution in [0.15, 0.2) is 24.4 Å². The summed E-state index contributed by atoms with van der Waals surface area (Å²) in [4.78, 5) is 4.09. The molecule has 5 heteroatoms. The summed E-state index contributed by atoms with van der Waals surface area (Å²) >= 11 is 0. The van der Waals surface area contributed by atoms with E-state index in [0.29, 0.717) is 6.61 Å². The van der Waals surface area contributed by atoms with Crippen LogP contribution in [0.25, 0.3) is 0 Å². The number of nitrogens with zero attached hydrogens (tertiary/aromatic N) is 1. The standard InChI is InChI=1S/C8H12N2O.2ClH/c1-11-6-7(9)8-4-2-3-5-10-8;;/h2-5,7H,6,9H2,1H3;2*1H/t7-;;/m1../s1. The molecule has 0 amide bonds. The van der Waals surface area contributed by atoms with Gasteiger partial charge >= 0.3 is 0 Å². The fourth-order valence-corrected chi connectivity index (χ4v) is 0.860. The number of halogens is 2. The zero-order chi connectivity index (χ0) is 8.10. The summed E-state index contributed by atoms with van der Waals surface area (Å²) < 4.78 is 4.89. The zero-order valence-electron chi connectivity index (χ0n) is 7.34. The van der Waals surface area contributed by atoms with Crippen LogP contribution < -0.4 is 5.73 Å². The van der Waals surface area contributed by atoms with Gasteiger partial charge in [-0.15, -0.1) is 24.8 Å². The van der Waals surface area contributed by atoms with E-state index in [9.17, 15) is 0 Å². The summed E-state index contributed by atoms with van der Waals surface area (Å²) in [5, 5.41) is 0. The summed E-state index contributed by atoms with van der Waals surface area (Å²) in [6.45, 7) is 0.511. The largest absolute Gasteiger partial charge is 0.383 e. The van der Waals surface area contributed by atoms with E-state index < -0.39 is 0 Å². The number of nitrogens with two attached hydrogens (primary N) is 1. The lowest BCUT2D eigenvalue weighted by Gasteiger charge is -2.08. The van der Waals surface area contributed by atoms with Crippen LogP contribution >= 0.6 is 24.8 Å². The molecule has 1 rings (SSSR count). The van der Waals surface area contributed by atoms with Gasteiger partial charge in [-0.2, -0.15) is 0 Å². The van der Waals surface area contributed by atoms with Crippen molar-refractivity contribution >= 4 is 24.8 Å². The van der Waals surface area contributed by atoms with Crippen LogP contribution in [-0.4, -0.2) is 18.7 Å². The molecule has 0 aliphatic heterocycles. The first kappa shape index (κ1) is 15.1. The molecule has 0 spiro atoms. The van der Waals surface area contributed by atoms with Crippen molar-refractivity contribution in [2.24, 2.45) is 5.73 Å². The lowest BCUT2D eigenvalue weighted by Crippen LogP contribution is -2.17. The average molecular weight is 225 g/mol. The van der Waals surface area contributed by atoms with Crippen molar-refractivity contribution in [3.05, 3.63) is 30.1 Å². The highest BCUT2D eigenvalue weighted by atomic mass is 35.5. The maximum Gasteiger partial charge on any atom is 0.0707 e. The molecule has 0 saturated heterocycles. The predicted molar refractivity (Wildman–Crippen MR) is 57.5 cm³/mol. The van der Waals surface area contributed by atoms with Crippen LogP contribution in [0, 0.1) is 0 Å². The van der Waals surface area contributed by atoms with Crippen molar-refractivity contribution in [1.29, 1.82) is 0 Å². The van der Waals surface area contributed by atoms with Gasteiger partial charge in [0, 0.05) is 13.3 Å². The second-order valence-corrected chi connectivity index (χ2v) is 2.32. The van der Waals surface area contributed by atoms with Gasteiger partial charge < -0.3 is 10.5 Å². The molecule has 0 radical (unpaired) electrons. The Morgan fingerprint density at radius 2 is 2.15 bits per heavy atom. The summed E-state index contributed by atoms with van der Waals surface area (Å²) in [5.74, 6) is 0. The fraction of sp³-hybridized carbons (Fsp3) is 0.375. The second kappa shape index (κ2) is 8.26. The number of hydrogen-bond donors (Lipinski definition) is 1. The van der Waals surface area contributed by atoms with Crippen molar-refractivity contribution in [3.63, 3.8) is 0 Å². The molecule has 0 aliphatic carbocycles. The molecule has 0 bridgehead atoms. The third kappa shape index (κ3) is 5.05. The molecule has 1 aromatic rings. The number of aromatic nitrogens is 1. The molecule has 3 nitrogen and oxygen atoms in total. The van der Waals surface area contributed by atoms with Gasteiger partial charge in [-0.3, -0.25) is 4.98 Å². The first-order chi connectivity index (χ1) is 5.34. The molecule has 76 valence electrons. The number of ether oxygens (including phenoxy) is 1. The summed E-state index contributed by atoms with van der Waals surface area (Å²) in [6, 6.07) is 5.56. The van der Waals surface area contributed by atoms with E-state index >= 15 is 0 Å². The minimum absolute atomic E-state index is 0. The number of methoxy groups -OCH3 is 1. The van der Waals surface area contributed by atoms with E-state index in [1.54, 1.807) is 13.3 Å². The van der Waals surface area contributed by atoms with Gasteiger partial charge in [0.1, 0.15) is 0 Å². The third-order valence-corrected chi connectivity index (χ3v) is 1.41. The van der Waals surface area contributed by atoms with E-state index in [1.165, 1.54) is 0 Å². The molecular formula is C8H14Cl2N2O.